The first-order valence-electron chi connectivity index (χ1n) is 13.2. The summed E-state index contributed by atoms with van der Waals surface area (Å²) in [5, 5.41) is 3.83. The van der Waals surface area contributed by atoms with Gasteiger partial charge in [-0.25, -0.2) is 0 Å². The minimum atomic E-state index is -0.749. The number of hydrogen-bond acceptors (Lipinski definition) is 3. The molecule has 0 fully saturated rings. The molecule has 0 unspecified atom stereocenters. The average molecular weight is 634 g/mol. The molecule has 39 heavy (non-hydrogen) atoms. The maximum atomic E-state index is 13.8. The van der Waals surface area contributed by atoms with E-state index in [1.807, 2.05) is 54.6 Å². The van der Waals surface area contributed by atoms with Crippen molar-refractivity contribution in [2.75, 3.05) is 13.2 Å². The fourth-order valence-electron chi connectivity index (χ4n) is 4.11. The van der Waals surface area contributed by atoms with Gasteiger partial charge in [0, 0.05) is 19.5 Å². The van der Waals surface area contributed by atoms with Gasteiger partial charge in [-0.2, -0.15) is 0 Å². The molecule has 1 N–H and O–H groups in total. The maximum absolute atomic E-state index is 13.8. The molecular weight excluding hydrogens is 599 g/mol. The Morgan fingerprint density at radius 3 is 2.36 bits per heavy atom. The highest BCUT2D eigenvalue weighted by Crippen LogP contribution is 2.29. The summed E-state index contributed by atoms with van der Waals surface area (Å²) in [7, 11) is 0. The molecule has 8 heteroatoms. The summed E-state index contributed by atoms with van der Waals surface area (Å²) in [6.07, 6.45) is 2.17. The van der Waals surface area contributed by atoms with Crippen LogP contribution < -0.4 is 10.1 Å². The first-order chi connectivity index (χ1) is 18.7. The molecule has 3 aromatic rings. The molecule has 208 valence electrons. The molecular formula is C31H35BrCl2N2O3. The molecule has 0 aliphatic heterocycles. The number of amides is 2. The lowest BCUT2D eigenvalue weighted by Crippen LogP contribution is -2.51. The molecule has 0 aliphatic carbocycles. The fraction of sp³-hybridized carbons (Fsp3) is 0.355. The minimum absolute atomic E-state index is 0.172. The van der Waals surface area contributed by atoms with Crippen molar-refractivity contribution in [1.29, 1.82) is 0 Å². The number of carbonyl (C=O) groups is 2. The molecule has 5 nitrogen and oxygen atoms in total. The van der Waals surface area contributed by atoms with Crippen LogP contribution in [-0.2, 0) is 22.6 Å². The van der Waals surface area contributed by atoms with E-state index >= 15 is 0 Å². The van der Waals surface area contributed by atoms with Crippen LogP contribution in [0, 0.1) is 0 Å². The van der Waals surface area contributed by atoms with Crippen molar-refractivity contribution < 1.29 is 14.3 Å². The van der Waals surface area contributed by atoms with Crippen LogP contribution in [0.3, 0.4) is 0 Å². The topological polar surface area (TPSA) is 58.6 Å². The van der Waals surface area contributed by atoms with Gasteiger partial charge in [-0.15, -0.1) is 0 Å². The molecule has 3 rings (SSSR count). The molecule has 0 saturated carbocycles. The van der Waals surface area contributed by atoms with Crippen molar-refractivity contribution in [1.82, 2.24) is 10.2 Å². The number of nitrogens with one attached hydrogen (secondary N) is 1. The lowest BCUT2D eigenvalue weighted by atomic mass is 10.0. The van der Waals surface area contributed by atoms with Gasteiger partial charge in [0.2, 0.25) is 5.91 Å². The van der Waals surface area contributed by atoms with Crippen LogP contribution in [-0.4, -0.2) is 35.9 Å². The van der Waals surface area contributed by atoms with Crippen LogP contribution in [0.2, 0.25) is 10.0 Å². The van der Waals surface area contributed by atoms with Crippen LogP contribution in [0.15, 0.2) is 71.2 Å². The quantitative estimate of drug-likeness (QED) is 0.195. The van der Waals surface area contributed by atoms with E-state index in [2.05, 4.69) is 42.0 Å². The van der Waals surface area contributed by atoms with Gasteiger partial charge < -0.3 is 15.0 Å². The summed E-state index contributed by atoms with van der Waals surface area (Å²) in [4.78, 5) is 28.9. The van der Waals surface area contributed by atoms with Crippen LogP contribution >= 0.6 is 39.1 Å². The molecule has 0 radical (unpaired) electrons. The lowest BCUT2D eigenvalue weighted by molar-refractivity contribution is -0.142. The third-order valence-corrected chi connectivity index (χ3v) is 7.77. The molecule has 0 bridgehead atoms. The summed E-state index contributed by atoms with van der Waals surface area (Å²) in [6.45, 7) is 6.79. The second-order valence-electron chi connectivity index (χ2n) is 9.75. The zero-order chi connectivity index (χ0) is 28.4. The highest BCUT2D eigenvalue weighted by atomic mass is 79.9. The van der Waals surface area contributed by atoms with E-state index in [-0.39, 0.29) is 25.0 Å². The third-order valence-electron chi connectivity index (χ3n) is 6.41. The highest BCUT2D eigenvalue weighted by molar-refractivity contribution is 9.10. The van der Waals surface area contributed by atoms with Gasteiger partial charge in [-0.1, -0.05) is 92.9 Å². The van der Waals surface area contributed by atoms with Gasteiger partial charge in [0.1, 0.15) is 11.8 Å². The molecule has 1 atom stereocenters. The van der Waals surface area contributed by atoms with Gasteiger partial charge in [-0.3, -0.25) is 9.59 Å². The van der Waals surface area contributed by atoms with Crippen molar-refractivity contribution in [2.24, 2.45) is 0 Å². The van der Waals surface area contributed by atoms with Crippen LogP contribution in [0.5, 0.6) is 5.75 Å². The SMILES string of the molecule is CCCCNC(=O)[C@@H](Cc1ccccc1)N(Cc1ccc(Cl)c(Cl)c1)C(=O)COc1ccc(C(C)C)cc1Br. The standard InChI is InChI=1S/C31H35BrCl2N2O3/c1-4-5-15-35-31(38)28(17-22-9-7-6-8-10-22)36(19-23-11-13-26(33)27(34)16-23)30(37)20-39-29-14-12-24(21(2)3)18-25(29)32/h6-14,16,18,21,28H,4-5,15,17,19-20H2,1-3H3,(H,35,38)/t28-/m1/s1. The van der Waals surface area contributed by atoms with Crippen molar-refractivity contribution in [3.05, 3.63) is 97.9 Å². The number of ether oxygens (including phenoxy) is 1. The summed E-state index contributed by atoms with van der Waals surface area (Å²) in [5.41, 5.74) is 2.88. The summed E-state index contributed by atoms with van der Waals surface area (Å²) in [6, 6.07) is 20.0. The Hall–Kier alpha value is -2.54. The first-order valence-corrected chi connectivity index (χ1v) is 14.7. The van der Waals surface area contributed by atoms with Crippen molar-refractivity contribution >= 4 is 50.9 Å². The number of hydrogen-bond donors (Lipinski definition) is 1. The van der Waals surface area contributed by atoms with Crippen LogP contribution in [0.4, 0.5) is 0 Å². The predicted octanol–water partition coefficient (Wildman–Crippen LogP) is 7.81. The molecule has 3 aromatic carbocycles. The summed E-state index contributed by atoms with van der Waals surface area (Å²) in [5.74, 6) is 0.411. The monoisotopic (exact) mass is 632 g/mol. The van der Waals surface area contributed by atoms with Crippen molar-refractivity contribution in [3.63, 3.8) is 0 Å². The van der Waals surface area contributed by atoms with E-state index in [1.165, 1.54) is 0 Å². The fourth-order valence-corrected chi connectivity index (χ4v) is 4.94. The van der Waals surface area contributed by atoms with E-state index in [1.54, 1.807) is 17.0 Å². The Balaban J connectivity index is 1.91. The molecule has 0 spiro atoms. The Labute approximate surface area is 250 Å². The summed E-state index contributed by atoms with van der Waals surface area (Å²) < 4.78 is 6.73. The maximum Gasteiger partial charge on any atom is 0.261 e. The first kappa shape index (κ1) is 31.0. The van der Waals surface area contributed by atoms with Crippen molar-refractivity contribution in [3.8, 4) is 5.75 Å². The minimum Gasteiger partial charge on any atom is -0.483 e. The van der Waals surface area contributed by atoms with E-state index in [0.717, 1.165) is 34.0 Å². The van der Waals surface area contributed by atoms with E-state index in [4.69, 9.17) is 27.9 Å². The molecule has 0 aromatic heterocycles. The Morgan fingerprint density at radius 2 is 1.72 bits per heavy atom. The normalized spacial score (nSPS) is 11.8. The van der Waals surface area contributed by atoms with Gasteiger partial charge >= 0.3 is 0 Å². The Morgan fingerprint density at radius 1 is 0.974 bits per heavy atom. The number of unbranched alkanes of at least 4 members (excludes halogenated alkanes) is 1. The second-order valence-corrected chi connectivity index (χ2v) is 11.4. The number of rotatable bonds is 13. The Bertz CT molecular complexity index is 1250. The highest BCUT2D eigenvalue weighted by Gasteiger charge is 2.31. The van der Waals surface area contributed by atoms with Crippen LogP contribution in [0.25, 0.3) is 0 Å². The third kappa shape index (κ3) is 9.26. The largest absolute Gasteiger partial charge is 0.483 e. The van der Waals surface area contributed by atoms with Gasteiger partial charge in [-0.05, 0) is 69.2 Å². The number of benzene rings is 3. The lowest BCUT2D eigenvalue weighted by Gasteiger charge is -2.31. The van der Waals surface area contributed by atoms with Gasteiger partial charge in [0.25, 0.3) is 5.91 Å². The van der Waals surface area contributed by atoms with E-state index in [9.17, 15) is 9.59 Å². The van der Waals surface area contributed by atoms with Crippen LogP contribution in [0.1, 0.15) is 56.2 Å². The Kier molecular flexibility index (Phi) is 12.2. The number of nitrogens with zero attached hydrogens (tertiary/aromatic N) is 1. The summed E-state index contributed by atoms with van der Waals surface area (Å²) >= 11 is 16.0. The second kappa shape index (κ2) is 15.3. The van der Waals surface area contributed by atoms with E-state index < -0.39 is 6.04 Å². The number of halogens is 3. The average Bonchev–Trinajstić information content (AvgIpc) is 2.92. The van der Waals surface area contributed by atoms with E-state index in [0.29, 0.717) is 34.7 Å². The zero-order valence-electron chi connectivity index (χ0n) is 22.6. The molecule has 0 heterocycles. The zero-order valence-corrected chi connectivity index (χ0v) is 25.7. The number of carbonyl (C=O) groups excluding carboxylic acids is 2. The van der Waals surface area contributed by atoms with Gasteiger partial charge in [0.15, 0.2) is 6.61 Å². The van der Waals surface area contributed by atoms with Gasteiger partial charge in [0.05, 0.1) is 14.5 Å². The molecule has 0 aliphatic rings. The molecule has 0 saturated heterocycles. The predicted molar refractivity (Wildman–Crippen MR) is 163 cm³/mol. The van der Waals surface area contributed by atoms with Crippen molar-refractivity contribution in [2.45, 2.75) is 58.5 Å². The smallest absolute Gasteiger partial charge is 0.261 e. The molecule has 2 amide bonds.